The first-order chi connectivity index (χ1) is 12.2. The van der Waals surface area contributed by atoms with Gasteiger partial charge in [0.2, 0.25) is 0 Å². The molecule has 2 N–H and O–H groups in total. The number of methoxy groups -OCH3 is 1. The molecule has 0 fully saturated rings. The molecule has 132 valence electrons. The standard InChI is InChI=1S/C19H20F2N2O2/c1-24-17-8-4-5-14(18(17)25-19(20)21)11-22-10-9-13-12-23-16-7-3-2-6-15(13)16/h2-8,12,19,22-23H,9-11H2,1H3. The van der Waals surface area contributed by atoms with Crippen molar-refractivity contribution in [2.75, 3.05) is 13.7 Å². The van der Waals surface area contributed by atoms with E-state index in [2.05, 4.69) is 21.1 Å². The Morgan fingerprint density at radius 2 is 1.92 bits per heavy atom. The van der Waals surface area contributed by atoms with Crippen LogP contribution in [-0.2, 0) is 13.0 Å². The van der Waals surface area contributed by atoms with Gasteiger partial charge in [-0.1, -0.05) is 30.3 Å². The van der Waals surface area contributed by atoms with Crippen molar-refractivity contribution in [1.29, 1.82) is 0 Å². The van der Waals surface area contributed by atoms with Gasteiger partial charge in [0, 0.05) is 29.2 Å². The average molecular weight is 346 g/mol. The largest absolute Gasteiger partial charge is 0.493 e. The summed E-state index contributed by atoms with van der Waals surface area (Å²) < 4.78 is 35.0. The van der Waals surface area contributed by atoms with Crippen LogP contribution in [0.25, 0.3) is 10.9 Å². The van der Waals surface area contributed by atoms with Crippen molar-refractivity contribution in [3.05, 3.63) is 59.8 Å². The van der Waals surface area contributed by atoms with Gasteiger partial charge < -0.3 is 19.8 Å². The number of aromatic amines is 1. The fraction of sp³-hybridized carbons (Fsp3) is 0.263. The van der Waals surface area contributed by atoms with Gasteiger partial charge >= 0.3 is 6.61 Å². The smallest absolute Gasteiger partial charge is 0.387 e. The molecule has 2 aromatic carbocycles. The molecule has 0 bridgehead atoms. The number of hydrogen-bond donors (Lipinski definition) is 2. The van der Waals surface area contributed by atoms with Crippen LogP contribution in [0.15, 0.2) is 48.7 Å². The summed E-state index contributed by atoms with van der Waals surface area (Å²) in [4.78, 5) is 3.24. The summed E-state index contributed by atoms with van der Waals surface area (Å²) >= 11 is 0. The minimum Gasteiger partial charge on any atom is -0.493 e. The van der Waals surface area contributed by atoms with E-state index in [4.69, 9.17) is 4.74 Å². The van der Waals surface area contributed by atoms with Crippen LogP contribution in [0, 0.1) is 0 Å². The van der Waals surface area contributed by atoms with Crippen molar-refractivity contribution < 1.29 is 18.3 Å². The summed E-state index contributed by atoms with van der Waals surface area (Å²) in [6.07, 6.45) is 2.84. The quantitative estimate of drug-likeness (QED) is 0.604. The monoisotopic (exact) mass is 346 g/mol. The van der Waals surface area contributed by atoms with E-state index in [1.165, 1.54) is 18.1 Å². The summed E-state index contributed by atoms with van der Waals surface area (Å²) in [5.41, 5.74) is 2.97. The molecule has 0 aliphatic rings. The number of aromatic nitrogens is 1. The van der Waals surface area contributed by atoms with Crippen LogP contribution in [-0.4, -0.2) is 25.3 Å². The minimum absolute atomic E-state index is 0.0830. The minimum atomic E-state index is -2.89. The zero-order valence-corrected chi connectivity index (χ0v) is 13.9. The van der Waals surface area contributed by atoms with Crippen LogP contribution in [0.3, 0.4) is 0 Å². The number of para-hydroxylation sites is 2. The van der Waals surface area contributed by atoms with E-state index >= 15 is 0 Å². The van der Waals surface area contributed by atoms with Gasteiger partial charge in [0.05, 0.1) is 7.11 Å². The van der Waals surface area contributed by atoms with Gasteiger partial charge in [0.25, 0.3) is 0 Å². The lowest BCUT2D eigenvalue weighted by atomic mass is 10.1. The molecule has 0 aliphatic carbocycles. The number of rotatable bonds is 8. The molecule has 0 radical (unpaired) electrons. The topological polar surface area (TPSA) is 46.3 Å². The van der Waals surface area contributed by atoms with Crippen molar-refractivity contribution in [2.45, 2.75) is 19.6 Å². The first-order valence-electron chi connectivity index (χ1n) is 8.05. The summed E-state index contributed by atoms with van der Waals surface area (Å²) in [6, 6.07) is 13.2. The highest BCUT2D eigenvalue weighted by atomic mass is 19.3. The number of ether oxygens (including phenoxy) is 2. The predicted octanol–water partition coefficient (Wildman–Crippen LogP) is 4.11. The molecule has 6 heteroatoms. The van der Waals surface area contributed by atoms with E-state index in [1.54, 1.807) is 18.2 Å². The van der Waals surface area contributed by atoms with Crippen molar-refractivity contribution in [1.82, 2.24) is 10.3 Å². The van der Waals surface area contributed by atoms with Gasteiger partial charge in [0.15, 0.2) is 11.5 Å². The highest BCUT2D eigenvalue weighted by Gasteiger charge is 2.15. The average Bonchev–Trinajstić information content (AvgIpc) is 3.02. The summed E-state index contributed by atoms with van der Waals surface area (Å²) in [6.45, 7) is -1.75. The lowest BCUT2D eigenvalue weighted by molar-refractivity contribution is -0.0518. The van der Waals surface area contributed by atoms with Gasteiger partial charge in [-0.2, -0.15) is 8.78 Å². The molecule has 0 atom stereocenters. The van der Waals surface area contributed by atoms with Crippen LogP contribution < -0.4 is 14.8 Å². The molecular weight excluding hydrogens is 326 g/mol. The SMILES string of the molecule is COc1cccc(CNCCc2c[nH]c3ccccc23)c1OC(F)F. The van der Waals surface area contributed by atoms with Crippen LogP contribution in [0.4, 0.5) is 8.78 Å². The van der Waals surface area contributed by atoms with E-state index in [1.807, 2.05) is 24.4 Å². The van der Waals surface area contributed by atoms with Crippen molar-refractivity contribution in [3.8, 4) is 11.5 Å². The number of halogens is 2. The first kappa shape index (κ1) is 17.2. The number of H-pyrrole nitrogens is 1. The number of hydrogen-bond acceptors (Lipinski definition) is 3. The molecule has 0 unspecified atom stereocenters. The molecule has 1 heterocycles. The van der Waals surface area contributed by atoms with Crippen molar-refractivity contribution >= 4 is 10.9 Å². The highest BCUT2D eigenvalue weighted by molar-refractivity contribution is 5.83. The van der Waals surface area contributed by atoms with E-state index in [9.17, 15) is 8.78 Å². The second-order valence-corrected chi connectivity index (χ2v) is 5.61. The molecule has 3 rings (SSSR count). The molecule has 25 heavy (non-hydrogen) atoms. The second kappa shape index (κ2) is 7.98. The van der Waals surface area contributed by atoms with Crippen molar-refractivity contribution in [2.24, 2.45) is 0 Å². The van der Waals surface area contributed by atoms with Crippen molar-refractivity contribution in [3.63, 3.8) is 0 Å². The summed E-state index contributed by atoms with van der Waals surface area (Å²) in [7, 11) is 1.43. The Hall–Kier alpha value is -2.60. The Labute approximate surface area is 144 Å². The third-order valence-corrected chi connectivity index (χ3v) is 4.05. The molecule has 0 spiro atoms. The highest BCUT2D eigenvalue weighted by Crippen LogP contribution is 2.32. The summed E-state index contributed by atoms with van der Waals surface area (Å²) in [5, 5.41) is 4.48. The third kappa shape index (κ3) is 4.09. The normalized spacial score (nSPS) is 11.2. The van der Waals surface area contributed by atoms with Crippen LogP contribution in [0.2, 0.25) is 0 Å². The zero-order chi connectivity index (χ0) is 17.6. The maximum Gasteiger partial charge on any atom is 0.387 e. The van der Waals surface area contributed by atoms with E-state index in [-0.39, 0.29) is 5.75 Å². The second-order valence-electron chi connectivity index (χ2n) is 5.61. The van der Waals surface area contributed by atoms with E-state index in [0.717, 1.165) is 11.9 Å². The lowest BCUT2D eigenvalue weighted by Gasteiger charge is -2.14. The Morgan fingerprint density at radius 3 is 2.72 bits per heavy atom. The maximum absolute atomic E-state index is 12.6. The summed E-state index contributed by atoms with van der Waals surface area (Å²) in [5.74, 6) is 0.385. The fourth-order valence-corrected chi connectivity index (χ4v) is 2.87. The Bertz CT molecular complexity index is 833. The van der Waals surface area contributed by atoms with Gasteiger partial charge in [-0.15, -0.1) is 0 Å². The number of nitrogens with one attached hydrogen (secondary N) is 2. The Kier molecular flexibility index (Phi) is 5.50. The van der Waals surface area contributed by atoms with Gasteiger partial charge in [-0.25, -0.2) is 0 Å². The third-order valence-electron chi connectivity index (χ3n) is 4.05. The molecule has 1 aromatic heterocycles. The molecule has 0 saturated carbocycles. The Morgan fingerprint density at radius 1 is 1.08 bits per heavy atom. The molecule has 4 nitrogen and oxygen atoms in total. The lowest BCUT2D eigenvalue weighted by Crippen LogP contribution is -2.18. The molecule has 0 saturated heterocycles. The molecule has 0 aliphatic heterocycles. The van der Waals surface area contributed by atoms with Gasteiger partial charge in [0.1, 0.15) is 0 Å². The number of alkyl halides is 2. The number of fused-ring (bicyclic) bond motifs is 1. The Balaban J connectivity index is 1.62. The van der Waals surface area contributed by atoms with Gasteiger partial charge in [-0.3, -0.25) is 0 Å². The van der Waals surface area contributed by atoms with Gasteiger partial charge in [-0.05, 0) is 30.7 Å². The first-order valence-corrected chi connectivity index (χ1v) is 8.05. The molecule has 3 aromatic rings. The zero-order valence-electron chi connectivity index (χ0n) is 13.9. The number of benzene rings is 2. The fourth-order valence-electron chi connectivity index (χ4n) is 2.87. The maximum atomic E-state index is 12.6. The van der Waals surface area contributed by atoms with E-state index in [0.29, 0.717) is 24.4 Å². The molecule has 0 amide bonds. The van der Waals surface area contributed by atoms with E-state index < -0.39 is 6.61 Å². The van der Waals surface area contributed by atoms with Crippen LogP contribution >= 0.6 is 0 Å². The molecular formula is C19H20F2N2O2. The van der Waals surface area contributed by atoms with Crippen LogP contribution in [0.1, 0.15) is 11.1 Å². The van der Waals surface area contributed by atoms with Crippen LogP contribution in [0.5, 0.6) is 11.5 Å². The predicted molar refractivity (Wildman–Crippen MR) is 93.3 cm³/mol.